The highest BCUT2D eigenvalue weighted by Crippen LogP contribution is 2.27. The number of rotatable bonds is 4. The van der Waals surface area contributed by atoms with Crippen LogP contribution in [0.3, 0.4) is 0 Å². The Bertz CT molecular complexity index is 769. The smallest absolute Gasteiger partial charge is 0.177 e. The first kappa shape index (κ1) is 17.2. The normalized spacial score (nSPS) is 18.5. The molecule has 3 aromatic rings. The number of hydrogen-bond donors (Lipinski definition) is 1. The minimum Gasteiger partial charge on any atom is -0.355 e. The predicted molar refractivity (Wildman–Crippen MR) is 96.3 cm³/mol. The van der Waals surface area contributed by atoms with Crippen molar-refractivity contribution in [3.05, 3.63) is 47.5 Å². The van der Waals surface area contributed by atoms with Crippen LogP contribution in [0.2, 0.25) is 0 Å². The first-order valence-electron chi connectivity index (χ1n) is 7.73. The first-order chi connectivity index (χ1) is 11.3. The fourth-order valence-corrected chi connectivity index (χ4v) is 3.69. The van der Waals surface area contributed by atoms with Crippen LogP contribution in [0.1, 0.15) is 17.6 Å². The van der Waals surface area contributed by atoms with Crippen molar-refractivity contribution in [3.63, 3.8) is 0 Å². The SMILES string of the molecule is Cl.Cn1ccnc1C1CNCCN1Cc1cc(-c2cccs2)on1. The number of aryl methyl sites for hydroxylation is 1. The maximum absolute atomic E-state index is 5.50. The lowest BCUT2D eigenvalue weighted by Gasteiger charge is -2.35. The molecule has 24 heavy (non-hydrogen) atoms. The van der Waals surface area contributed by atoms with Crippen LogP contribution in [-0.2, 0) is 13.6 Å². The number of imidazole rings is 1. The van der Waals surface area contributed by atoms with Gasteiger partial charge in [-0.2, -0.15) is 0 Å². The van der Waals surface area contributed by atoms with Crippen molar-refractivity contribution in [1.82, 2.24) is 24.9 Å². The molecule has 8 heteroatoms. The van der Waals surface area contributed by atoms with Crippen molar-refractivity contribution in [3.8, 4) is 10.6 Å². The number of piperazine rings is 1. The highest BCUT2D eigenvalue weighted by Gasteiger charge is 2.27. The van der Waals surface area contributed by atoms with Crippen LogP contribution < -0.4 is 5.32 Å². The summed E-state index contributed by atoms with van der Waals surface area (Å²) < 4.78 is 7.59. The first-order valence-corrected chi connectivity index (χ1v) is 8.60. The van der Waals surface area contributed by atoms with Crippen molar-refractivity contribution in [2.24, 2.45) is 7.05 Å². The van der Waals surface area contributed by atoms with Crippen LogP contribution >= 0.6 is 23.7 Å². The summed E-state index contributed by atoms with van der Waals surface area (Å²) in [5.74, 6) is 1.93. The van der Waals surface area contributed by atoms with Crippen LogP contribution in [0.5, 0.6) is 0 Å². The summed E-state index contributed by atoms with van der Waals surface area (Å²) in [5.41, 5.74) is 0.967. The van der Waals surface area contributed by atoms with Crippen molar-refractivity contribution in [2.75, 3.05) is 19.6 Å². The lowest BCUT2D eigenvalue weighted by Crippen LogP contribution is -2.46. The Morgan fingerprint density at radius 2 is 2.38 bits per heavy atom. The van der Waals surface area contributed by atoms with Crippen molar-refractivity contribution >= 4 is 23.7 Å². The zero-order chi connectivity index (χ0) is 15.6. The molecule has 0 radical (unpaired) electrons. The van der Waals surface area contributed by atoms with Gasteiger partial charge in [0.15, 0.2) is 5.76 Å². The quantitative estimate of drug-likeness (QED) is 0.770. The maximum Gasteiger partial charge on any atom is 0.177 e. The molecule has 1 N–H and O–H groups in total. The summed E-state index contributed by atoms with van der Waals surface area (Å²) in [7, 11) is 2.04. The fraction of sp³-hybridized carbons (Fsp3) is 0.375. The molecule has 4 rings (SSSR count). The number of hydrogen-bond acceptors (Lipinski definition) is 6. The third-order valence-electron chi connectivity index (χ3n) is 4.20. The van der Waals surface area contributed by atoms with Gasteiger partial charge in [-0.3, -0.25) is 4.90 Å². The zero-order valence-corrected chi connectivity index (χ0v) is 15.0. The number of nitrogens with one attached hydrogen (secondary N) is 1. The van der Waals surface area contributed by atoms with Crippen LogP contribution in [-0.4, -0.2) is 39.2 Å². The molecule has 4 heterocycles. The van der Waals surface area contributed by atoms with Gasteiger partial charge in [0.2, 0.25) is 0 Å². The molecule has 1 fully saturated rings. The van der Waals surface area contributed by atoms with E-state index in [1.54, 1.807) is 11.3 Å². The second kappa shape index (κ2) is 7.48. The van der Waals surface area contributed by atoms with E-state index in [2.05, 4.69) is 31.0 Å². The number of halogens is 1. The number of thiophene rings is 1. The predicted octanol–water partition coefficient (Wildman–Crippen LogP) is 2.70. The Hall–Kier alpha value is -1.67. The van der Waals surface area contributed by atoms with Gasteiger partial charge in [-0.15, -0.1) is 23.7 Å². The molecule has 1 unspecified atom stereocenters. The van der Waals surface area contributed by atoms with Gasteiger partial charge in [0.25, 0.3) is 0 Å². The molecule has 1 aliphatic rings. The van der Waals surface area contributed by atoms with E-state index in [0.29, 0.717) is 0 Å². The molecule has 0 bridgehead atoms. The van der Waals surface area contributed by atoms with Gasteiger partial charge in [-0.1, -0.05) is 11.2 Å². The van der Waals surface area contributed by atoms with E-state index in [1.807, 2.05) is 37.0 Å². The van der Waals surface area contributed by atoms with E-state index >= 15 is 0 Å². The summed E-state index contributed by atoms with van der Waals surface area (Å²) in [6.45, 7) is 3.63. The van der Waals surface area contributed by atoms with E-state index in [9.17, 15) is 0 Å². The minimum atomic E-state index is 0. The maximum atomic E-state index is 5.50. The summed E-state index contributed by atoms with van der Waals surface area (Å²) in [4.78, 5) is 8.04. The summed E-state index contributed by atoms with van der Waals surface area (Å²) in [6, 6.07) is 6.38. The highest BCUT2D eigenvalue weighted by atomic mass is 35.5. The Labute approximate surface area is 150 Å². The van der Waals surface area contributed by atoms with Crippen LogP contribution in [0.25, 0.3) is 10.6 Å². The highest BCUT2D eigenvalue weighted by molar-refractivity contribution is 7.13. The van der Waals surface area contributed by atoms with Crippen LogP contribution in [0.15, 0.2) is 40.5 Å². The molecular formula is C16H20ClN5OS. The van der Waals surface area contributed by atoms with Crippen molar-refractivity contribution in [1.29, 1.82) is 0 Å². The van der Waals surface area contributed by atoms with Crippen LogP contribution in [0, 0.1) is 0 Å². The molecule has 0 aliphatic carbocycles. The van der Waals surface area contributed by atoms with Crippen molar-refractivity contribution < 1.29 is 4.52 Å². The molecule has 1 aliphatic heterocycles. The van der Waals surface area contributed by atoms with Gasteiger partial charge in [0, 0.05) is 51.7 Å². The topological polar surface area (TPSA) is 59.1 Å². The van der Waals surface area contributed by atoms with E-state index in [-0.39, 0.29) is 18.4 Å². The average molecular weight is 366 g/mol. The molecule has 6 nitrogen and oxygen atoms in total. The van der Waals surface area contributed by atoms with Crippen LogP contribution in [0.4, 0.5) is 0 Å². The molecular weight excluding hydrogens is 346 g/mol. The van der Waals surface area contributed by atoms with E-state index in [1.165, 1.54) is 0 Å². The number of aromatic nitrogens is 3. The Morgan fingerprint density at radius 1 is 1.46 bits per heavy atom. The molecule has 128 valence electrons. The monoisotopic (exact) mass is 365 g/mol. The van der Waals surface area contributed by atoms with Gasteiger partial charge < -0.3 is 14.4 Å². The molecule has 3 aromatic heterocycles. The molecule has 0 saturated carbocycles. The van der Waals surface area contributed by atoms with E-state index < -0.39 is 0 Å². The molecule has 0 spiro atoms. The van der Waals surface area contributed by atoms with E-state index in [4.69, 9.17) is 4.52 Å². The fourth-order valence-electron chi connectivity index (χ4n) is 3.02. The van der Waals surface area contributed by atoms with Gasteiger partial charge in [-0.05, 0) is 11.4 Å². The summed E-state index contributed by atoms with van der Waals surface area (Å²) >= 11 is 1.67. The second-order valence-electron chi connectivity index (χ2n) is 5.75. The largest absolute Gasteiger partial charge is 0.355 e. The lowest BCUT2D eigenvalue weighted by atomic mass is 10.1. The Balaban J connectivity index is 0.00000169. The van der Waals surface area contributed by atoms with Gasteiger partial charge in [0.1, 0.15) is 5.82 Å². The third kappa shape index (κ3) is 3.39. The van der Waals surface area contributed by atoms with Gasteiger partial charge in [-0.25, -0.2) is 4.98 Å². The second-order valence-corrected chi connectivity index (χ2v) is 6.69. The van der Waals surface area contributed by atoms with Gasteiger partial charge in [0.05, 0.1) is 16.6 Å². The minimum absolute atomic E-state index is 0. The molecule has 0 amide bonds. The lowest BCUT2D eigenvalue weighted by molar-refractivity contribution is 0.141. The average Bonchev–Trinajstić information content (AvgIpc) is 3.29. The molecule has 1 atom stereocenters. The summed E-state index contributed by atoms with van der Waals surface area (Å²) in [6.07, 6.45) is 3.85. The molecule has 1 saturated heterocycles. The standard InChI is InChI=1S/C16H19N5OS.ClH/c1-20-6-5-18-16(20)13-10-17-4-7-21(13)11-12-9-14(22-19-12)15-3-2-8-23-15;/h2-3,5-6,8-9,13,17H,4,7,10-11H2,1H3;1H. The third-order valence-corrected chi connectivity index (χ3v) is 5.08. The Kier molecular flexibility index (Phi) is 5.35. The van der Waals surface area contributed by atoms with Crippen molar-refractivity contribution in [2.45, 2.75) is 12.6 Å². The van der Waals surface area contributed by atoms with Gasteiger partial charge >= 0.3 is 0 Å². The molecule has 0 aromatic carbocycles. The zero-order valence-electron chi connectivity index (χ0n) is 13.4. The summed E-state index contributed by atoms with van der Waals surface area (Å²) in [5, 5.41) is 9.75. The van der Waals surface area contributed by atoms with E-state index in [0.717, 1.165) is 48.3 Å². The number of nitrogens with zero attached hydrogens (tertiary/aromatic N) is 4. The Morgan fingerprint density at radius 3 is 3.12 bits per heavy atom.